The van der Waals surface area contributed by atoms with Crippen molar-refractivity contribution in [3.05, 3.63) is 138 Å². The van der Waals surface area contributed by atoms with Crippen LogP contribution in [0.4, 0.5) is 11.4 Å². The molecule has 5 aromatic rings. The van der Waals surface area contributed by atoms with E-state index < -0.39 is 10.1 Å². The van der Waals surface area contributed by atoms with Gasteiger partial charge in [-0.15, -0.1) is 0 Å². The summed E-state index contributed by atoms with van der Waals surface area (Å²) in [6, 6.07) is 33.8. The molecule has 0 aliphatic rings. The van der Waals surface area contributed by atoms with E-state index in [1.54, 1.807) is 54.7 Å². The van der Waals surface area contributed by atoms with E-state index in [-0.39, 0.29) is 16.6 Å². The minimum absolute atomic E-state index is 0.0856. The minimum atomic E-state index is -3.96. The molecule has 7 nitrogen and oxygen atoms in total. The number of carbonyl (C=O) groups is 1. The van der Waals surface area contributed by atoms with Crippen molar-refractivity contribution in [2.24, 2.45) is 0 Å². The summed E-state index contributed by atoms with van der Waals surface area (Å²) in [6.45, 7) is 2.63. The molecule has 0 spiro atoms. The van der Waals surface area contributed by atoms with Gasteiger partial charge in [-0.05, 0) is 84.8 Å². The Morgan fingerprint density at radius 1 is 0.780 bits per heavy atom. The van der Waals surface area contributed by atoms with Gasteiger partial charge in [-0.25, -0.2) is 0 Å². The zero-order valence-electron chi connectivity index (χ0n) is 22.4. The summed E-state index contributed by atoms with van der Waals surface area (Å²) in [4.78, 5) is 17.6. The van der Waals surface area contributed by atoms with Crippen LogP contribution in [-0.2, 0) is 16.5 Å². The van der Waals surface area contributed by atoms with Crippen LogP contribution < -0.4 is 14.8 Å². The second-order valence-corrected chi connectivity index (χ2v) is 11.0. The largest absolute Gasteiger partial charge is 0.385 e. The van der Waals surface area contributed by atoms with Crippen molar-refractivity contribution in [1.29, 1.82) is 0 Å². The molecule has 4 aromatic carbocycles. The fourth-order valence-electron chi connectivity index (χ4n) is 4.25. The van der Waals surface area contributed by atoms with E-state index in [0.717, 1.165) is 35.5 Å². The molecule has 2 N–H and O–H groups in total. The van der Waals surface area contributed by atoms with Gasteiger partial charge in [-0.2, -0.15) is 8.42 Å². The number of hydrogen-bond acceptors (Lipinski definition) is 6. The SMILES string of the molecule is Cc1ccc(S(=O)(=O)Oc2ccc(-c3ccccc3C(=O)Nc3ccc(NCCc4ccccn4)cc3)cc2)cc1. The lowest BCUT2D eigenvalue weighted by molar-refractivity contribution is 0.102. The van der Waals surface area contributed by atoms with Gasteiger partial charge in [-0.1, -0.05) is 54.1 Å². The predicted octanol–water partition coefficient (Wildman–Crippen LogP) is 6.73. The number of rotatable bonds is 10. The zero-order valence-corrected chi connectivity index (χ0v) is 23.3. The van der Waals surface area contributed by atoms with Crippen molar-refractivity contribution in [2.75, 3.05) is 17.2 Å². The number of benzene rings is 4. The highest BCUT2D eigenvalue weighted by Crippen LogP contribution is 2.28. The summed E-state index contributed by atoms with van der Waals surface area (Å²) in [6.07, 6.45) is 2.60. The Balaban J connectivity index is 1.23. The van der Waals surface area contributed by atoms with E-state index in [9.17, 15) is 13.2 Å². The maximum Gasteiger partial charge on any atom is 0.339 e. The first-order chi connectivity index (χ1) is 19.9. The van der Waals surface area contributed by atoms with Crippen LogP contribution in [-0.4, -0.2) is 25.9 Å². The topological polar surface area (TPSA) is 97.4 Å². The molecule has 1 amide bonds. The lowest BCUT2D eigenvalue weighted by Crippen LogP contribution is -2.13. The molecule has 0 aliphatic carbocycles. The van der Waals surface area contributed by atoms with Gasteiger partial charge in [0.15, 0.2) is 0 Å². The van der Waals surface area contributed by atoms with Gasteiger partial charge in [0, 0.05) is 41.8 Å². The summed E-state index contributed by atoms with van der Waals surface area (Å²) in [5, 5.41) is 6.33. The Hall–Kier alpha value is -4.95. The highest BCUT2D eigenvalue weighted by molar-refractivity contribution is 7.87. The standard InChI is InChI=1S/C33H29N3O4S/c1-24-9-19-30(20-10-24)41(38,39)40-29-17-11-25(12-18-29)31-7-2-3-8-32(31)33(37)36-28-15-13-27(14-16-28)35-23-21-26-6-4-5-22-34-26/h2-20,22,35H,21,23H2,1H3,(H,36,37). The molecule has 0 atom stereocenters. The second kappa shape index (κ2) is 12.5. The quantitative estimate of drug-likeness (QED) is 0.183. The van der Waals surface area contributed by atoms with Crippen molar-refractivity contribution in [1.82, 2.24) is 4.98 Å². The summed E-state index contributed by atoms with van der Waals surface area (Å²) >= 11 is 0. The zero-order chi connectivity index (χ0) is 28.7. The van der Waals surface area contributed by atoms with Gasteiger partial charge in [0.05, 0.1) is 0 Å². The van der Waals surface area contributed by atoms with Crippen LogP contribution in [0.5, 0.6) is 5.75 Å². The summed E-state index contributed by atoms with van der Waals surface area (Å²) in [5.41, 5.74) is 5.56. The lowest BCUT2D eigenvalue weighted by atomic mass is 9.99. The summed E-state index contributed by atoms with van der Waals surface area (Å²) in [5.74, 6) is -0.0660. The number of aryl methyl sites for hydroxylation is 1. The smallest absolute Gasteiger partial charge is 0.339 e. The molecule has 0 radical (unpaired) electrons. The Morgan fingerprint density at radius 2 is 1.46 bits per heavy atom. The number of hydrogen-bond donors (Lipinski definition) is 2. The van der Waals surface area contributed by atoms with Crippen molar-refractivity contribution >= 4 is 27.4 Å². The highest BCUT2D eigenvalue weighted by atomic mass is 32.2. The number of nitrogens with zero attached hydrogens (tertiary/aromatic N) is 1. The van der Waals surface area contributed by atoms with Crippen molar-refractivity contribution in [3.8, 4) is 16.9 Å². The summed E-state index contributed by atoms with van der Waals surface area (Å²) < 4.78 is 30.6. The lowest BCUT2D eigenvalue weighted by Gasteiger charge is -2.12. The monoisotopic (exact) mass is 563 g/mol. The van der Waals surface area contributed by atoms with Crippen LogP contribution in [0.2, 0.25) is 0 Å². The van der Waals surface area contributed by atoms with Crippen LogP contribution >= 0.6 is 0 Å². The third kappa shape index (κ3) is 7.17. The molecule has 41 heavy (non-hydrogen) atoms. The summed E-state index contributed by atoms with van der Waals surface area (Å²) in [7, 11) is -3.96. The van der Waals surface area contributed by atoms with E-state index in [0.29, 0.717) is 16.8 Å². The molecule has 8 heteroatoms. The molecule has 206 valence electrons. The van der Waals surface area contributed by atoms with Gasteiger partial charge < -0.3 is 14.8 Å². The Labute approximate surface area is 240 Å². The number of pyridine rings is 1. The van der Waals surface area contributed by atoms with Gasteiger partial charge in [-0.3, -0.25) is 9.78 Å². The number of nitrogens with one attached hydrogen (secondary N) is 2. The molecule has 0 saturated heterocycles. The van der Waals surface area contributed by atoms with E-state index >= 15 is 0 Å². The fraction of sp³-hybridized carbons (Fsp3) is 0.0909. The number of carbonyl (C=O) groups excluding carboxylic acids is 1. The third-order valence-electron chi connectivity index (χ3n) is 6.43. The Kier molecular flexibility index (Phi) is 8.41. The molecule has 0 saturated carbocycles. The number of amides is 1. The molecule has 1 aromatic heterocycles. The first kappa shape index (κ1) is 27.6. The average Bonchev–Trinajstić information content (AvgIpc) is 2.99. The van der Waals surface area contributed by atoms with Crippen molar-refractivity contribution in [3.63, 3.8) is 0 Å². The molecule has 0 aliphatic heterocycles. The van der Waals surface area contributed by atoms with E-state index in [1.807, 2.05) is 61.5 Å². The minimum Gasteiger partial charge on any atom is -0.385 e. The van der Waals surface area contributed by atoms with Crippen molar-refractivity contribution < 1.29 is 17.4 Å². The van der Waals surface area contributed by atoms with E-state index in [2.05, 4.69) is 15.6 Å². The molecule has 0 unspecified atom stereocenters. The molecular weight excluding hydrogens is 534 g/mol. The highest BCUT2D eigenvalue weighted by Gasteiger charge is 2.17. The molecular formula is C33H29N3O4S. The second-order valence-electron chi connectivity index (χ2n) is 9.45. The number of anilines is 2. The first-order valence-electron chi connectivity index (χ1n) is 13.1. The molecule has 0 fully saturated rings. The molecule has 5 rings (SSSR count). The van der Waals surface area contributed by atoms with E-state index in [1.165, 1.54) is 12.1 Å². The van der Waals surface area contributed by atoms with Gasteiger partial charge in [0.1, 0.15) is 10.6 Å². The molecule has 1 heterocycles. The fourth-order valence-corrected chi connectivity index (χ4v) is 5.18. The predicted molar refractivity (Wildman–Crippen MR) is 162 cm³/mol. The molecule has 0 bridgehead atoms. The van der Waals surface area contributed by atoms with Crippen LogP contribution in [0.25, 0.3) is 11.1 Å². The normalized spacial score (nSPS) is 11.0. The van der Waals surface area contributed by atoms with Crippen molar-refractivity contribution in [2.45, 2.75) is 18.2 Å². The van der Waals surface area contributed by atoms with Gasteiger partial charge in [0.2, 0.25) is 0 Å². The average molecular weight is 564 g/mol. The third-order valence-corrected chi connectivity index (χ3v) is 7.69. The maximum atomic E-state index is 13.2. The van der Waals surface area contributed by atoms with Crippen LogP contribution in [0.15, 0.2) is 126 Å². The van der Waals surface area contributed by atoms with Crippen LogP contribution in [0, 0.1) is 6.92 Å². The maximum absolute atomic E-state index is 13.2. The number of aromatic nitrogens is 1. The Morgan fingerprint density at radius 3 is 2.17 bits per heavy atom. The van der Waals surface area contributed by atoms with E-state index in [4.69, 9.17) is 4.18 Å². The van der Waals surface area contributed by atoms with Crippen LogP contribution in [0.3, 0.4) is 0 Å². The first-order valence-corrected chi connectivity index (χ1v) is 14.5. The Bertz CT molecular complexity index is 1720. The van der Waals surface area contributed by atoms with Gasteiger partial charge >= 0.3 is 10.1 Å². The van der Waals surface area contributed by atoms with Gasteiger partial charge in [0.25, 0.3) is 5.91 Å². The van der Waals surface area contributed by atoms with Crippen LogP contribution in [0.1, 0.15) is 21.6 Å².